The molecule has 0 atom stereocenters. The average molecular weight is 410 g/mol. The van der Waals surface area contributed by atoms with Gasteiger partial charge in [0.05, 0.1) is 28.3 Å². The largest absolute Gasteiger partial charge is 0.492 e. The number of hydrogen-bond donors (Lipinski definition) is 2. The molecule has 1 aromatic heterocycles. The zero-order valence-corrected chi connectivity index (χ0v) is 15.8. The van der Waals surface area contributed by atoms with Crippen LogP contribution in [0.2, 0.25) is 5.02 Å². The maximum Gasteiger partial charge on any atom is 0.417 e. The third-order valence-electron chi connectivity index (χ3n) is 3.51. The molecule has 0 amide bonds. The van der Waals surface area contributed by atoms with Crippen molar-refractivity contribution in [3.05, 3.63) is 57.5 Å². The molecule has 0 fully saturated rings. The summed E-state index contributed by atoms with van der Waals surface area (Å²) in [7, 11) is -3.92. The van der Waals surface area contributed by atoms with Crippen LogP contribution < -0.4 is 15.3 Å². The Balaban J connectivity index is 1.73. The number of H-pyrrole nitrogens is 1. The van der Waals surface area contributed by atoms with Gasteiger partial charge < -0.3 is 9.15 Å². The molecule has 0 saturated heterocycles. The number of oxazole rings is 1. The Morgan fingerprint density at radius 2 is 2.11 bits per heavy atom. The lowest BCUT2D eigenvalue weighted by Crippen LogP contribution is -2.18. The third kappa shape index (κ3) is 4.50. The minimum absolute atomic E-state index is 0.0868. The van der Waals surface area contributed by atoms with Gasteiger partial charge >= 0.3 is 5.76 Å². The molecular weight excluding hydrogens is 394 g/mol. The first-order valence-corrected chi connectivity index (χ1v) is 9.85. The number of nitrogens with zero attached hydrogens (tertiary/aromatic N) is 1. The normalized spacial score (nSPS) is 11.9. The molecule has 0 spiro atoms. The Bertz CT molecular complexity index is 1150. The zero-order valence-electron chi connectivity index (χ0n) is 14.2. The number of rotatable bonds is 7. The number of ether oxygens (including phenoxy) is 1. The minimum Gasteiger partial charge on any atom is -0.492 e. The molecule has 0 saturated carbocycles. The van der Waals surface area contributed by atoms with Crippen LogP contribution in [0.25, 0.3) is 11.1 Å². The summed E-state index contributed by atoms with van der Waals surface area (Å²) in [5, 5.41) is 4.15. The molecule has 0 radical (unpaired) electrons. The number of sulfonamides is 1. The summed E-state index contributed by atoms with van der Waals surface area (Å²) >= 11 is 6.12. The van der Waals surface area contributed by atoms with Crippen molar-refractivity contribution in [3.63, 3.8) is 0 Å². The Labute approximate surface area is 159 Å². The zero-order chi connectivity index (χ0) is 19.4. The lowest BCUT2D eigenvalue weighted by atomic mass is 10.2. The van der Waals surface area contributed by atoms with Crippen LogP contribution >= 0.6 is 11.6 Å². The van der Waals surface area contributed by atoms with Gasteiger partial charge in [-0.15, -0.1) is 0 Å². The second-order valence-corrected chi connectivity index (χ2v) is 7.63. The van der Waals surface area contributed by atoms with Crippen molar-refractivity contribution in [3.8, 4) is 5.75 Å². The molecular formula is C17H16ClN3O5S. The van der Waals surface area contributed by atoms with Crippen LogP contribution in [0.4, 0.5) is 0 Å². The first-order valence-electron chi connectivity index (χ1n) is 7.99. The fraction of sp³-hybridized carbons (Fsp3) is 0.176. The number of hydrogen-bond acceptors (Lipinski definition) is 6. The number of aromatic amines is 1. The van der Waals surface area contributed by atoms with E-state index in [4.69, 9.17) is 20.8 Å². The Kier molecular flexibility index (Phi) is 5.52. The maximum atomic E-state index is 12.3. The monoisotopic (exact) mass is 409 g/mol. The molecule has 3 aromatic rings. The van der Waals surface area contributed by atoms with Crippen LogP contribution in [0.1, 0.15) is 18.9 Å². The van der Waals surface area contributed by atoms with Crippen molar-refractivity contribution in [1.29, 1.82) is 0 Å². The molecule has 0 aliphatic rings. The molecule has 1 heterocycles. The molecule has 0 bridgehead atoms. The number of halogens is 1. The van der Waals surface area contributed by atoms with Crippen molar-refractivity contribution >= 4 is 38.9 Å². The van der Waals surface area contributed by atoms with Gasteiger partial charge in [0, 0.05) is 6.07 Å². The van der Waals surface area contributed by atoms with E-state index in [1.807, 2.05) is 6.92 Å². The van der Waals surface area contributed by atoms with Crippen molar-refractivity contribution in [2.75, 3.05) is 6.61 Å². The third-order valence-corrected chi connectivity index (χ3v) is 5.02. The molecule has 10 heteroatoms. The molecule has 2 aromatic carbocycles. The number of benzene rings is 2. The highest BCUT2D eigenvalue weighted by Crippen LogP contribution is 2.25. The highest BCUT2D eigenvalue weighted by Gasteiger charge is 2.15. The van der Waals surface area contributed by atoms with Gasteiger partial charge in [0.1, 0.15) is 5.75 Å². The lowest BCUT2D eigenvalue weighted by molar-refractivity contribution is 0.317. The summed E-state index contributed by atoms with van der Waals surface area (Å²) in [4.78, 5) is 15.6. The van der Waals surface area contributed by atoms with Gasteiger partial charge in [-0.05, 0) is 42.3 Å². The van der Waals surface area contributed by atoms with Gasteiger partial charge in [-0.25, -0.2) is 9.63 Å². The SMILES string of the molecule is CCCOc1ccc(/C=N/NS(=O)(=O)c2ccc3[nH]c(=O)oc3c2)cc1Cl. The number of aromatic nitrogens is 1. The molecule has 3 rings (SSSR count). The first kappa shape index (κ1) is 19.0. The average Bonchev–Trinajstić information content (AvgIpc) is 3.00. The van der Waals surface area contributed by atoms with E-state index < -0.39 is 15.8 Å². The first-order chi connectivity index (χ1) is 12.9. The van der Waals surface area contributed by atoms with E-state index in [0.717, 1.165) is 6.42 Å². The van der Waals surface area contributed by atoms with Crippen molar-refractivity contribution in [2.45, 2.75) is 18.2 Å². The van der Waals surface area contributed by atoms with E-state index in [-0.39, 0.29) is 10.5 Å². The van der Waals surface area contributed by atoms with Gasteiger partial charge in [0.15, 0.2) is 5.58 Å². The summed E-state index contributed by atoms with van der Waals surface area (Å²) in [5.74, 6) is -0.105. The van der Waals surface area contributed by atoms with Gasteiger partial charge in [0.2, 0.25) is 0 Å². The maximum absolute atomic E-state index is 12.3. The summed E-state index contributed by atoms with van der Waals surface area (Å²) in [6.45, 7) is 2.54. The fourth-order valence-corrected chi connectivity index (χ4v) is 3.29. The van der Waals surface area contributed by atoms with E-state index in [0.29, 0.717) is 28.5 Å². The van der Waals surface area contributed by atoms with E-state index in [1.165, 1.54) is 24.4 Å². The van der Waals surface area contributed by atoms with Crippen LogP contribution in [-0.2, 0) is 10.0 Å². The number of hydrazone groups is 1. The molecule has 0 unspecified atom stereocenters. The van der Waals surface area contributed by atoms with E-state index in [9.17, 15) is 13.2 Å². The van der Waals surface area contributed by atoms with Gasteiger partial charge in [-0.2, -0.15) is 13.5 Å². The van der Waals surface area contributed by atoms with Crippen LogP contribution in [0.15, 0.2) is 55.6 Å². The Morgan fingerprint density at radius 1 is 1.30 bits per heavy atom. The molecule has 0 aliphatic heterocycles. The highest BCUT2D eigenvalue weighted by molar-refractivity contribution is 7.89. The quantitative estimate of drug-likeness (QED) is 0.460. The molecule has 142 valence electrons. The molecule has 27 heavy (non-hydrogen) atoms. The Hall–Kier alpha value is -2.78. The van der Waals surface area contributed by atoms with Gasteiger partial charge in [0.25, 0.3) is 10.0 Å². The predicted molar refractivity (Wildman–Crippen MR) is 102 cm³/mol. The van der Waals surface area contributed by atoms with Crippen LogP contribution in [0.5, 0.6) is 5.75 Å². The summed E-state index contributed by atoms with van der Waals surface area (Å²) in [6.07, 6.45) is 2.18. The molecule has 0 aliphatic carbocycles. The standard InChI is InChI=1S/C17H16ClN3O5S/c1-2-7-25-15-6-3-11(8-13(15)18)10-19-21-27(23,24)12-4-5-14-16(9-12)26-17(22)20-14/h3-6,8-10,21H,2,7H2,1H3,(H,20,22)/b19-10+. The summed E-state index contributed by atoms with van der Waals surface area (Å²) < 4.78 is 35.0. The summed E-state index contributed by atoms with van der Waals surface area (Å²) in [6, 6.07) is 9.02. The smallest absolute Gasteiger partial charge is 0.417 e. The highest BCUT2D eigenvalue weighted by atomic mass is 35.5. The lowest BCUT2D eigenvalue weighted by Gasteiger charge is -2.07. The van der Waals surface area contributed by atoms with Gasteiger partial charge in [-0.1, -0.05) is 18.5 Å². The summed E-state index contributed by atoms with van der Waals surface area (Å²) in [5.41, 5.74) is 1.14. The number of nitrogens with one attached hydrogen (secondary N) is 2. The van der Waals surface area contributed by atoms with Crippen molar-refractivity contribution in [2.24, 2.45) is 5.10 Å². The van der Waals surface area contributed by atoms with Crippen molar-refractivity contribution in [1.82, 2.24) is 9.82 Å². The second kappa shape index (κ2) is 7.85. The van der Waals surface area contributed by atoms with Crippen LogP contribution in [0, 0.1) is 0 Å². The predicted octanol–water partition coefficient (Wildman–Crippen LogP) is 2.88. The van der Waals surface area contributed by atoms with Crippen LogP contribution in [-0.4, -0.2) is 26.2 Å². The molecule has 2 N–H and O–H groups in total. The molecule has 8 nitrogen and oxygen atoms in total. The topological polar surface area (TPSA) is 114 Å². The van der Waals surface area contributed by atoms with E-state index >= 15 is 0 Å². The van der Waals surface area contributed by atoms with Crippen molar-refractivity contribution < 1.29 is 17.6 Å². The fourth-order valence-electron chi connectivity index (χ4n) is 2.24. The number of fused-ring (bicyclic) bond motifs is 1. The van der Waals surface area contributed by atoms with E-state index in [1.54, 1.807) is 18.2 Å². The van der Waals surface area contributed by atoms with E-state index in [2.05, 4.69) is 14.9 Å². The van der Waals surface area contributed by atoms with Crippen LogP contribution in [0.3, 0.4) is 0 Å². The van der Waals surface area contributed by atoms with Gasteiger partial charge in [-0.3, -0.25) is 4.98 Å². The minimum atomic E-state index is -3.92. The Morgan fingerprint density at radius 3 is 2.85 bits per heavy atom. The second-order valence-electron chi connectivity index (χ2n) is 5.56.